The Balaban J connectivity index is 0. The standard InChI is InChI=1S/C18H36OSe.H3N/c1-2-3-4-5-6-7-8-9-10-11-12-13-14-15-16-17-18(19)20;/h2-17H2,1H3,(H,19,20);1H3. The van der Waals surface area contributed by atoms with Gasteiger partial charge in [0.1, 0.15) is 0 Å². The second-order valence-electron chi connectivity index (χ2n) is 6.07. The van der Waals surface area contributed by atoms with Gasteiger partial charge in [-0.2, -0.15) is 0 Å². The molecule has 0 rings (SSSR count). The van der Waals surface area contributed by atoms with Crippen LogP contribution >= 0.6 is 0 Å². The Bertz CT molecular complexity index is 209. The van der Waals surface area contributed by atoms with Crippen molar-refractivity contribution < 1.29 is 4.79 Å². The molecule has 0 amide bonds. The Morgan fingerprint density at radius 3 is 1.19 bits per heavy atom. The summed E-state index contributed by atoms with van der Waals surface area (Å²) in [7, 11) is 0. The minimum absolute atomic E-state index is 0. The van der Waals surface area contributed by atoms with E-state index >= 15 is 0 Å². The second kappa shape index (κ2) is 20.1. The van der Waals surface area contributed by atoms with Gasteiger partial charge in [-0.05, 0) is 0 Å². The summed E-state index contributed by atoms with van der Waals surface area (Å²) in [5.41, 5.74) is 0. The van der Waals surface area contributed by atoms with Gasteiger partial charge in [0.05, 0.1) is 0 Å². The first-order chi connectivity index (χ1) is 9.77. The largest absolute Gasteiger partial charge is 0.369 e. The monoisotopic (exact) mass is 365 g/mol. The molecule has 128 valence electrons. The van der Waals surface area contributed by atoms with E-state index in [1.165, 1.54) is 89.9 Å². The summed E-state index contributed by atoms with van der Waals surface area (Å²) in [4.78, 5) is 10.7. The zero-order valence-electron chi connectivity index (χ0n) is 14.6. The van der Waals surface area contributed by atoms with Crippen molar-refractivity contribution in [1.29, 1.82) is 0 Å². The summed E-state index contributed by atoms with van der Waals surface area (Å²) in [6.07, 6.45) is 21.4. The predicted octanol–water partition coefficient (Wildman–Crippen LogP) is 6.32. The molecule has 0 aromatic carbocycles. The number of quaternary nitrogens is 1. The molecule has 0 bridgehead atoms. The van der Waals surface area contributed by atoms with Crippen LogP contribution in [0, 0.1) is 0 Å². The third kappa shape index (κ3) is 22.6. The van der Waals surface area contributed by atoms with E-state index in [9.17, 15) is 4.79 Å². The van der Waals surface area contributed by atoms with Crippen molar-refractivity contribution in [1.82, 2.24) is 6.15 Å². The van der Waals surface area contributed by atoms with Crippen LogP contribution in [0.4, 0.5) is 0 Å². The maximum Gasteiger partial charge on any atom is -0.369 e. The fourth-order valence-electron chi connectivity index (χ4n) is 2.64. The number of unbranched alkanes of at least 4 members (excludes halogenated alkanes) is 14. The van der Waals surface area contributed by atoms with E-state index in [2.05, 4.69) is 22.9 Å². The maximum atomic E-state index is 10.7. The average Bonchev–Trinajstić information content (AvgIpc) is 2.43. The minimum atomic E-state index is 0. The molecule has 4 N–H and O–H groups in total. The normalized spacial score (nSPS) is 10.3. The molecule has 0 aliphatic heterocycles. The van der Waals surface area contributed by atoms with Crippen molar-refractivity contribution in [3.63, 3.8) is 0 Å². The summed E-state index contributed by atoms with van der Waals surface area (Å²) in [6, 6.07) is 0. The zero-order chi connectivity index (χ0) is 14.9. The smallest absolute Gasteiger partial charge is 0.369 e. The first-order valence-electron chi connectivity index (χ1n) is 8.97. The van der Waals surface area contributed by atoms with Crippen molar-refractivity contribution in [2.45, 2.75) is 110 Å². The van der Waals surface area contributed by atoms with Gasteiger partial charge < -0.3 is 6.15 Å². The summed E-state index contributed by atoms with van der Waals surface area (Å²) < 4.78 is 0.222. The molecule has 2 nitrogen and oxygen atoms in total. The SMILES string of the molecule is CCCCCCCCCCCCCCCCCC(=O)[Se-].[NH4+]. The molecule has 0 spiro atoms. The van der Waals surface area contributed by atoms with Crippen LogP contribution in [0.15, 0.2) is 0 Å². The van der Waals surface area contributed by atoms with Gasteiger partial charge in [-0.3, -0.25) is 0 Å². The van der Waals surface area contributed by atoms with Crippen molar-refractivity contribution in [3.05, 3.63) is 0 Å². The van der Waals surface area contributed by atoms with Gasteiger partial charge in [0.15, 0.2) is 0 Å². The Morgan fingerprint density at radius 2 is 0.905 bits per heavy atom. The topological polar surface area (TPSA) is 53.6 Å². The number of carbonyl (C=O) groups excluding carboxylic acids is 1. The van der Waals surface area contributed by atoms with Gasteiger partial charge in [0.25, 0.3) is 0 Å². The van der Waals surface area contributed by atoms with E-state index in [4.69, 9.17) is 0 Å². The van der Waals surface area contributed by atoms with Gasteiger partial charge in [-0.25, -0.2) is 0 Å². The Kier molecular flexibility index (Phi) is 22.5. The molecule has 0 heterocycles. The molecule has 21 heavy (non-hydrogen) atoms. The quantitative estimate of drug-likeness (QED) is 0.253. The van der Waals surface area contributed by atoms with E-state index in [0.717, 1.165) is 12.8 Å². The number of hydrogen-bond acceptors (Lipinski definition) is 1. The maximum absolute atomic E-state index is 10.7. The van der Waals surface area contributed by atoms with E-state index in [1.807, 2.05) is 0 Å². The third-order valence-corrected chi connectivity index (χ3v) is 4.41. The van der Waals surface area contributed by atoms with Crippen LogP contribution in [0.2, 0.25) is 0 Å². The van der Waals surface area contributed by atoms with E-state index in [-0.39, 0.29) is 10.8 Å². The Labute approximate surface area is 141 Å². The van der Waals surface area contributed by atoms with E-state index in [1.54, 1.807) is 0 Å². The summed E-state index contributed by atoms with van der Waals surface area (Å²) in [5.74, 6) is 0. The number of rotatable bonds is 16. The zero-order valence-corrected chi connectivity index (χ0v) is 16.3. The van der Waals surface area contributed by atoms with Gasteiger partial charge in [0, 0.05) is 0 Å². The Morgan fingerprint density at radius 1 is 0.619 bits per heavy atom. The average molecular weight is 364 g/mol. The molecule has 0 saturated heterocycles. The summed E-state index contributed by atoms with van der Waals surface area (Å²) in [6.45, 7) is 2.28. The number of hydrogen-bond donors (Lipinski definition) is 1. The van der Waals surface area contributed by atoms with Crippen LogP contribution in [0.25, 0.3) is 0 Å². The fraction of sp³-hybridized carbons (Fsp3) is 0.944. The molecule has 0 aromatic rings. The van der Waals surface area contributed by atoms with Crippen molar-refractivity contribution in [3.8, 4) is 0 Å². The molecule has 0 aliphatic carbocycles. The fourth-order valence-corrected chi connectivity index (χ4v) is 2.94. The van der Waals surface area contributed by atoms with Crippen LogP contribution in [0.5, 0.6) is 0 Å². The Hall–Kier alpha value is 0.149. The van der Waals surface area contributed by atoms with Crippen LogP contribution in [0.3, 0.4) is 0 Å². The van der Waals surface area contributed by atoms with Gasteiger partial charge in [-0.1, -0.05) is 39.0 Å². The molecule has 0 aromatic heterocycles. The first kappa shape index (κ1) is 23.4. The van der Waals surface area contributed by atoms with Crippen LogP contribution in [-0.4, -0.2) is 20.7 Å². The van der Waals surface area contributed by atoms with Gasteiger partial charge in [0.2, 0.25) is 0 Å². The van der Waals surface area contributed by atoms with Crippen molar-refractivity contribution >= 4 is 20.7 Å². The molecular weight excluding hydrogens is 325 g/mol. The second-order valence-corrected chi connectivity index (χ2v) is 7.03. The minimum Gasteiger partial charge on any atom is -0.369 e. The molecule has 0 unspecified atom stereocenters. The molecule has 0 radical (unpaired) electrons. The number of carbonyl (C=O) groups is 1. The van der Waals surface area contributed by atoms with Crippen LogP contribution < -0.4 is 6.15 Å². The molecule has 0 aliphatic rings. The molecule has 3 heteroatoms. The van der Waals surface area contributed by atoms with Gasteiger partial charge in [-0.15, -0.1) is 0 Å². The molecule has 0 atom stereocenters. The van der Waals surface area contributed by atoms with Crippen molar-refractivity contribution in [2.75, 3.05) is 0 Å². The van der Waals surface area contributed by atoms with Gasteiger partial charge >= 0.3 is 96.1 Å². The van der Waals surface area contributed by atoms with Crippen LogP contribution in [0.1, 0.15) is 110 Å². The predicted molar refractivity (Wildman–Crippen MR) is 96.3 cm³/mol. The molecule has 0 fully saturated rings. The van der Waals surface area contributed by atoms with Crippen molar-refractivity contribution in [2.24, 2.45) is 0 Å². The van der Waals surface area contributed by atoms with E-state index < -0.39 is 0 Å². The summed E-state index contributed by atoms with van der Waals surface area (Å²) in [5, 5.41) is 0. The molecular formula is C18H39NOSe. The van der Waals surface area contributed by atoms with Crippen LogP contribution in [-0.2, 0) is 4.79 Å². The third-order valence-electron chi connectivity index (χ3n) is 3.98. The summed E-state index contributed by atoms with van der Waals surface area (Å²) >= 11 is 2.55. The van der Waals surface area contributed by atoms with E-state index in [0.29, 0.717) is 0 Å². The first-order valence-corrected chi connectivity index (χ1v) is 9.83. The molecule has 0 saturated carbocycles.